The summed E-state index contributed by atoms with van der Waals surface area (Å²) in [6.07, 6.45) is 1.24. The Hall–Kier alpha value is -1.06. The first-order valence-electron chi connectivity index (χ1n) is 6.83. The fourth-order valence-electron chi connectivity index (χ4n) is 1.17. The van der Waals surface area contributed by atoms with E-state index < -0.39 is 10.8 Å². The average molecular weight is 272 g/mol. The lowest BCUT2D eigenvalue weighted by atomic mass is 9.97. The van der Waals surface area contributed by atoms with Gasteiger partial charge in [0.2, 0.25) is 0 Å². The topological polar surface area (TPSA) is 52.6 Å². The molecule has 0 bridgehead atoms. The maximum Gasteiger partial charge on any atom is 0.311 e. The molecule has 0 amide bonds. The molecule has 0 aliphatic carbocycles. The molecule has 0 aromatic heterocycles. The molecule has 4 heteroatoms. The highest BCUT2D eigenvalue weighted by molar-refractivity contribution is 5.75. The zero-order valence-corrected chi connectivity index (χ0v) is 13.3. The van der Waals surface area contributed by atoms with E-state index in [0.717, 1.165) is 0 Å². The molecule has 0 radical (unpaired) electrons. The number of carbonyl (C=O) groups excluding carboxylic acids is 2. The van der Waals surface area contributed by atoms with Crippen LogP contribution in [0.4, 0.5) is 0 Å². The Balaban J connectivity index is 3.85. The maximum atomic E-state index is 11.6. The van der Waals surface area contributed by atoms with Gasteiger partial charge >= 0.3 is 11.9 Å². The Bertz CT molecular complexity index is 307. The zero-order valence-electron chi connectivity index (χ0n) is 13.3. The van der Waals surface area contributed by atoms with E-state index >= 15 is 0 Å². The van der Waals surface area contributed by atoms with Crippen molar-refractivity contribution in [2.75, 3.05) is 6.61 Å². The van der Waals surface area contributed by atoms with Gasteiger partial charge in [-0.15, -0.1) is 0 Å². The van der Waals surface area contributed by atoms with E-state index in [0.29, 0.717) is 19.4 Å². The number of carbonyl (C=O) groups is 2. The lowest BCUT2D eigenvalue weighted by Gasteiger charge is -2.21. The van der Waals surface area contributed by atoms with Crippen LogP contribution in [-0.4, -0.2) is 24.6 Å². The quantitative estimate of drug-likeness (QED) is 0.569. The van der Waals surface area contributed by atoms with Crippen molar-refractivity contribution in [3.63, 3.8) is 0 Å². The minimum atomic E-state index is -0.479. The molecule has 19 heavy (non-hydrogen) atoms. The van der Waals surface area contributed by atoms with Crippen LogP contribution in [0.5, 0.6) is 0 Å². The molecule has 0 fully saturated rings. The van der Waals surface area contributed by atoms with E-state index in [4.69, 9.17) is 9.47 Å². The van der Waals surface area contributed by atoms with E-state index in [9.17, 15) is 9.59 Å². The Kier molecular flexibility index (Phi) is 6.53. The third-order valence-corrected chi connectivity index (χ3v) is 2.52. The molecule has 0 saturated heterocycles. The van der Waals surface area contributed by atoms with Crippen LogP contribution in [0.3, 0.4) is 0 Å². The Morgan fingerprint density at radius 3 is 1.84 bits per heavy atom. The summed E-state index contributed by atoms with van der Waals surface area (Å²) in [6.45, 7) is 13.2. The van der Waals surface area contributed by atoms with Crippen LogP contribution in [0.2, 0.25) is 0 Å². The van der Waals surface area contributed by atoms with Crippen LogP contribution >= 0.6 is 0 Å². The van der Waals surface area contributed by atoms with Crippen molar-refractivity contribution in [3.05, 3.63) is 0 Å². The van der Waals surface area contributed by atoms with E-state index in [1.54, 1.807) is 0 Å². The SMILES string of the molecule is CC(CCCOC(=O)C(C)(C)C)OC(=O)C(C)(C)C. The van der Waals surface area contributed by atoms with Crippen molar-refractivity contribution in [3.8, 4) is 0 Å². The van der Waals surface area contributed by atoms with Gasteiger partial charge < -0.3 is 9.47 Å². The van der Waals surface area contributed by atoms with Gasteiger partial charge in [0, 0.05) is 0 Å². The second-order valence-electron chi connectivity index (χ2n) is 6.99. The van der Waals surface area contributed by atoms with Crippen LogP contribution in [0, 0.1) is 10.8 Å². The highest BCUT2D eigenvalue weighted by atomic mass is 16.5. The molecular formula is C15H28O4. The molecular weight excluding hydrogens is 244 g/mol. The van der Waals surface area contributed by atoms with Gasteiger partial charge in [0.1, 0.15) is 0 Å². The molecule has 1 unspecified atom stereocenters. The number of esters is 2. The average Bonchev–Trinajstić information content (AvgIpc) is 2.21. The predicted molar refractivity (Wildman–Crippen MR) is 74.7 cm³/mol. The zero-order chi connectivity index (χ0) is 15.3. The van der Waals surface area contributed by atoms with E-state index in [1.165, 1.54) is 0 Å². The second kappa shape index (κ2) is 6.92. The van der Waals surface area contributed by atoms with Gasteiger partial charge in [0.15, 0.2) is 0 Å². The first-order valence-corrected chi connectivity index (χ1v) is 6.83. The molecule has 0 saturated carbocycles. The number of rotatable bonds is 5. The monoisotopic (exact) mass is 272 g/mol. The maximum absolute atomic E-state index is 11.6. The van der Waals surface area contributed by atoms with Gasteiger partial charge in [-0.3, -0.25) is 9.59 Å². The Morgan fingerprint density at radius 1 is 0.947 bits per heavy atom. The summed E-state index contributed by atoms with van der Waals surface area (Å²) < 4.78 is 10.5. The van der Waals surface area contributed by atoms with Gasteiger partial charge in [-0.25, -0.2) is 0 Å². The first-order chi connectivity index (χ1) is 8.44. The van der Waals surface area contributed by atoms with Crippen LogP contribution in [0.15, 0.2) is 0 Å². The van der Waals surface area contributed by atoms with E-state index in [2.05, 4.69) is 0 Å². The summed E-state index contributed by atoms with van der Waals surface area (Å²) in [5.74, 6) is -0.404. The van der Waals surface area contributed by atoms with Gasteiger partial charge in [0.25, 0.3) is 0 Å². The van der Waals surface area contributed by atoms with E-state index in [-0.39, 0.29) is 18.0 Å². The predicted octanol–water partition coefficient (Wildman–Crippen LogP) is 3.33. The molecule has 1 atom stereocenters. The standard InChI is InChI=1S/C15H28O4/c1-11(19-13(17)15(5,6)7)9-8-10-18-12(16)14(2,3)4/h11H,8-10H2,1-7H3. The van der Waals surface area contributed by atoms with Gasteiger partial charge in [-0.1, -0.05) is 0 Å². The van der Waals surface area contributed by atoms with Crippen LogP contribution < -0.4 is 0 Å². The summed E-state index contributed by atoms with van der Waals surface area (Å²) in [6, 6.07) is 0. The molecule has 0 rings (SSSR count). The summed E-state index contributed by atoms with van der Waals surface area (Å²) in [5.41, 5.74) is -0.947. The largest absolute Gasteiger partial charge is 0.465 e. The van der Waals surface area contributed by atoms with Crippen LogP contribution in [0.1, 0.15) is 61.3 Å². The third-order valence-electron chi connectivity index (χ3n) is 2.52. The van der Waals surface area contributed by atoms with Crippen LogP contribution in [0.25, 0.3) is 0 Å². The summed E-state index contributed by atoms with van der Waals surface area (Å²) in [5, 5.41) is 0. The van der Waals surface area contributed by atoms with Crippen molar-refractivity contribution in [2.45, 2.75) is 67.4 Å². The van der Waals surface area contributed by atoms with Gasteiger partial charge in [-0.2, -0.15) is 0 Å². The highest BCUT2D eigenvalue weighted by Gasteiger charge is 2.25. The summed E-state index contributed by atoms with van der Waals surface area (Å²) >= 11 is 0. The van der Waals surface area contributed by atoms with E-state index in [1.807, 2.05) is 48.5 Å². The molecule has 0 aliphatic heterocycles. The second-order valence-corrected chi connectivity index (χ2v) is 6.99. The molecule has 0 heterocycles. The molecule has 0 aromatic carbocycles. The normalized spacial score (nSPS) is 13.8. The molecule has 0 spiro atoms. The lowest BCUT2D eigenvalue weighted by Crippen LogP contribution is -2.27. The molecule has 4 nitrogen and oxygen atoms in total. The molecule has 0 N–H and O–H groups in total. The fourth-order valence-corrected chi connectivity index (χ4v) is 1.17. The molecule has 112 valence electrons. The van der Waals surface area contributed by atoms with Crippen molar-refractivity contribution in [2.24, 2.45) is 10.8 Å². The first kappa shape index (κ1) is 17.9. The highest BCUT2D eigenvalue weighted by Crippen LogP contribution is 2.18. The molecule has 0 aliphatic rings. The van der Waals surface area contributed by atoms with Gasteiger partial charge in [-0.05, 0) is 61.3 Å². The van der Waals surface area contributed by atoms with Crippen molar-refractivity contribution in [1.82, 2.24) is 0 Å². The Morgan fingerprint density at radius 2 is 1.42 bits per heavy atom. The minimum Gasteiger partial charge on any atom is -0.465 e. The van der Waals surface area contributed by atoms with Crippen molar-refractivity contribution in [1.29, 1.82) is 0 Å². The van der Waals surface area contributed by atoms with Crippen LogP contribution in [-0.2, 0) is 19.1 Å². The fraction of sp³-hybridized carbons (Fsp3) is 0.867. The number of hydrogen-bond donors (Lipinski definition) is 0. The lowest BCUT2D eigenvalue weighted by molar-refractivity contribution is -0.159. The van der Waals surface area contributed by atoms with Gasteiger partial charge in [0.05, 0.1) is 23.5 Å². The smallest absolute Gasteiger partial charge is 0.311 e. The minimum absolute atomic E-state index is 0.153. The summed E-state index contributed by atoms with van der Waals surface area (Å²) in [7, 11) is 0. The number of ether oxygens (including phenoxy) is 2. The number of hydrogen-bond acceptors (Lipinski definition) is 4. The van der Waals surface area contributed by atoms with Crippen molar-refractivity contribution < 1.29 is 19.1 Å². The third kappa shape index (κ3) is 7.85. The summed E-state index contributed by atoms with van der Waals surface area (Å²) in [4.78, 5) is 23.2. The van der Waals surface area contributed by atoms with Crippen molar-refractivity contribution >= 4 is 11.9 Å². The molecule has 0 aromatic rings. The Labute approximate surface area is 116 Å².